The van der Waals surface area contributed by atoms with Crippen LogP contribution in [0.1, 0.15) is 5.56 Å². The van der Waals surface area contributed by atoms with Crippen molar-refractivity contribution in [1.82, 2.24) is 0 Å². The number of hydrogen-bond acceptors (Lipinski definition) is 2. The van der Waals surface area contributed by atoms with Gasteiger partial charge in [-0.1, -0.05) is 11.6 Å². The molecule has 0 aliphatic heterocycles. The summed E-state index contributed by atoms with van der Waals surface area (Å²) in [4.78, 5) is 0.695. The first-order valence-corrected chi connectivity index (χ1v) is 6.54. The number of nitrogen functional groups attached to an aromatic ring is 1. The van der Waals surface area contributed by atoms with Gasteiger partial charge in [-0.05, 0) is 42.0 Å². The van der Waals surface area contributed by atoms with Crippen LogP contribution >= 0.6 is 23.4 Å². The topological polar surface area (TPSA) is 26.0 Å². The van der Waals surface area contributed by atoms with Crippen LogP contribution in [0.2, 0.25) is 5.02 Å². The van der Waals surface area contributed by atoms with Crippen LogP contribution in [0.3, 0.4) is 0 Å². The van der Waals surface area contributed by atoms with Crippen LogP contribution in [-0.4, -0.2) is 0 Å². The van der Waals surface area contributed by atoms with Gasteiger partial charge in [-0.25, -0.2) is 8.78 Å². The lowest BCUT2D eigenvalue weighted by Gasteiger charge is -2.05. The van der Waals surface area contributed by atoms with Gasteiger partial charge in [-0.3, -0.25) is 0 Å². The van der Waals surface area contributed by atoms with Crippen molar-refractivity contribution in [3.05, 3.63) is 58.6 Å². The Bertz CT molecular complexity index is 575. The van der Waals surface area contributed by atoms with Gasteiger partial charge in [0.2, 0.25) is 0 Å². The Balaban J connectivity index is 2.11. The summed E-state index contributed by atoms with van der Waals surface area (Å²) in [6.07, 6.45) is 0. The fourth-order valence-corrected chi connectivity index (χ4v) is 2.50. The molecule has 18 heavy (non-hydrogen) atoms. The van der Waals surface area contributed by atoms with Crippen molar-refractivity contribution in [1.29, 1.82) is 0 Å². The number of nitrogens with two attached hydrogens (primary N) is 1. The molecule has 0 atom stereocenters. The Morgan fingerprint density at radius 3 is 2.56 bits per heavy atom. The highest BCUT2D eigenvalue weighted by molar-refractivity contribution is 7.98. The fraction of sp³-hybridized carbons (Fsp3) is 0.0769. The summed E-state index contributed by atoms with van der Waals surface area (Å²) in [5.74, 6) is -0.398. The largest absolute Gasteiger partial charge is 0.396 e. The minimum atomic E-state index is -0.466. The van der Waals surface area contributed by atoms with Crippen LogP contribution in [0.15, 0.2) is 41.3 Å². The molecule has 0 saturated carbocycles. The standard InChI is InChI=1S/C13H10ClF2NS/c14-9-1-3-11(15)8(5-9)7-18-10-2-4-13(17)12(16)6-10/h1-6H,7,17H2. The molecule has 2 aromatic carbocycles. The third-order valence-electron chi connectivity index (χ3n) is 2.37. The highest BCUT2D eigenvalue weighted by atomic mass is 35.5. The van der Waals surface area contributed by atoms with Gasteiger partial charge in [0.15, 0.2) is 0 Å². The van der Waals surface area contributed by atoms with Crippen molar-refractivity contribution in [2.75, 3.05) is 5.73 Å². The van der Waals surface area contributed by atoms with E-state index in [1.165, 1.54) is 36.0 Å². The normalized spacial score (nSPS) is 10.6. The fourth-order valence-electron chi connectivity index (χ4n) is 1.41. The van der Waals surface area contributed by atoms with E-state index in [2.05, 4.69) is 0 Å². The molecule has 2 aromatic rings. The maximum absolute atomic E-state index is 13.4. The molecule has 0 bridgehead atoms. The van der Waals surface area contributed by atoms with Crippen LogP contribution < -0.4 is 5.73 Å². The summed E-state index contributed by atoms with van der Waals surface area (Å²) in [7, 11) is 0. The molecule has 0 heterocycles. The van der Waals surface area contributed by atoms with Crippen molar-refractivity contribution < 1.29 is 8.78 Å². The van der Waals surface area contributed by atoms with Gasteiger partial charge >= 0.3 is 0 Å². The average molecular weight is 286 g/mol. The molecule has 5 heteroatoms. The molecule has 1 nitrogen and oxygen atoms in total. The Kier molecular flexibility index (Phi) is 4.09. The summed E-state index contributed by atoms with van der Waals surface area (Å²) in [6, 6.07) is 8.91. The molecular weight excluding hydrogens is 276 g/mol. The molecule has 0 unspecified atom stereocenters. The third-order valence-corrected chi connectivity index (χ3v) is 3.65. The zero-order chi connectivity index (χ0) is 13.1. The predicted molar refractivity (Wildman–Crippen MR) is 71.8 cm³/mol. The molecule has 2 rings (SSSR count). The van der Waals surface area contributed by atoms with Gasteiger partial charge in [-0.2, -0.15) is 0 Å². The number of benzene rings is 2. The second kappa shape index (κ2) is 5.59. The molecule has 2 N–H and O–H groups in total. The van der Waals surface area contributed by atoms with Crippen molar-refractivity contribution in [2.24, 2.45) is 0 Å². The van der Waals surface area contributed by atoms with Crippen molar-refractivity contribution in [3.8, 4) is 0 Å². The van der Waals surface area contributed by atoms with Gasteiger partial charge in [0, 0.05) is 15.7 Å². The molecular formula is C13H10ClF2NS. The van der Waals surface area contributed by atoms with Crippen LogP contribution in [0.4, 0.5) is 14.5 Å². The van der Waals surface area contributed by atoms with Gasteiger partial charge in [0.25, 0.3) is 0 Å². The summed E-state index contributed by atoms with van der Waals surface area (Å²) in [5, 5.41) is 0.482. The van der Waals surface area contributed by atoms with Crippen LogP contribution in [-0.2, 0) is 5.75 Å². The summed E-state index contributed by atoms with van der Waals surface area (Å²) < 4.78 is 26.7. The number of thioether (sulfide) groups is 1. The van der Waals surface area contributed by atoms with E-state index in [0.29, 0.717) is 21.2 Å². The van der Waals surface area contributed by atoms with E-state index in [4.69, 9.17) is 17.3 Å². The Labute approximate surface area is 113 Å². The lowest BCUT2D eigenvalue weighted by molar-refractivity contribution is 0.617. The number of halogens is 3. The van der Waals surface area contributed by atoms with E-state index < -0.39 is 5.82 Å². The van der Waals surface area contributed by atoms with Gasteiger partial charge in [0.1, 0.15) is 11.6 Å². The van der Waals surface area contributed by atoms with Gasteiger partial charge in [0.05, 0.1) is 5.69 Å². The average Bonchev–Trinajstić information content (AvgIpc) is 2.34. The minimum absolute atomic E-state index is 0.105. The van der Waals surface area contributed by atoms with Gasteiger partial charge < -0.3 is 5.73 Å². The lowest BCUT2D eigenvalue weighted by atomic mass is 10.2. The second-order valence-electron chi connectivity index (χ2n) is 3.71. The maximum Gasteiger partial charge on any atom is 0.147 e. The highest BCUT2D eigenvalue weighted by Gasteiger charge is 2.05. The summed E-state index contributed by atoms with van der Waals surface area (Å²) in [6.45, 7) is 0. The summed E-state index contributed by atoms with van der Waals surface area (Å²) in [5.41, 5.74) is 5.97. The van der Waals surface area contributed by atoms with Crippen LogP contribution in [0.5, 0.6) is 0 Å². The molecule has 0 amide bonds. The SMILES string of the molecule is Nc1ccc(SCc2cc(Cl)ccc2F)cc1F. The highest BCUT2D eigenvalue weighted by Crippen LogP contribution is 2.27. The molecule has 0 spiro atoms. The number of hydrogen-bond donors (Lipinski definition) is 1. The van der Waals surface area contributed by atoms with E-state index in [1.807, 2.05) is 0 Å². The first-order valence-electron chi connectivity index (χ1n) is 5.18. The van der Waals surface area contributed by atoms with Crippen LogP contribution in [0.25, 0.3) is 0 Å². The third kappa shape index (κ3) is 3.15. The summed E-state index contributed by atoms with van der Waals surface area (Å²) >= 11 is 7.12. The molecule has 94 valence electrons. The number of rotatable bonds is 3. The van der Waals surface area contributed by atoms with E-state index >= 15 is 0 Å². The van der Waals surface area contributed by atoms with Crippen molar-refractivity contribution in [2.45, 2.75) is 10.6 Å². The first kappa shape index (κ1) is 13.2. The van der Waals surface area contributed by atoms with E-state index in [0.717, 1.165) is 0 Å². The molecule has 0 fully saturated rings. The molecule has 0 aliphatic carbocycles. The molecule has 0 saturated heterocycles. The van der Waals surface area contributed by atoms with E-state index in [-0.39, 0.29) is 11.5 Å². The van der Waals surface area contributed by atoms with E-state index in [9.17, 15) is 8.78 Å². The van der Waals surface area contributed by atoms with Crippen molar-refractivity contribution in [3.63, 3.8) is 0 Å². The smallest absolute Gasteiger partial charge is 0.147 e. The minimum Gasteiger partial charge on any atom is -0.396 e. The maximum atomic E-state index is 13.4. The zero-order valence-electron chi connectivity index (χ0n) is 9.29. The second-order valence-corrected chi connectivity index (χ2v) is 5.19. The quantitative estimate of drug-likeness (QED) is 0.664. The molecule has 0 aliphatic rings. The zero-order valence-corrected chi connectivity index (χ0v) is 10.9. The van der Waals surface area contributed by atoms with E-state index in [1.54, 1.807) is 12.1 Å². The van der Waals surface area contributed by atoms with Crippen LogP contribution in [0, 0.1) is 11.6 Å². The van der Waals surface area contributed by atoms with Gasteiger partial charge in [-0.15, -0.1) is 11.8 Å². The Morgan fingerprint density at radius 2 is 1.83 bits per heavy atom. The lowest BCUT2D eigenvalue weighted by Crippen LogP contribution is -1.91. The first-order chi connectivity index (χ1) is 8.56. The molecule has 0 aromatic heterocycles. The molecule has 0 radical (unpaired) electrons. The Hall–Kier alpha value is -1.26. The van der Waals surface area contributed by atoms with Crippen molar-refractivity contribution >= 4 is 29.1 Å². The predicted octanol–water partition coefficient (Wildman–Crippen LogP) is 4.49. The Morgan fingerprint density at radius 1 is 1.06 bits per heavy atom. The monoisotopic (exact) mass is 285 g/mol. The number of anilines is 1.